The Morgan fingerprint density at radius 2 is 1.97 bits per heavy atom. The van der Waals surface area contributed by atoms with Crippen LogP contribution in [0.4, 0.5) is 8.78 Å². The minimum atomic E-state index is -3.10. The molecule has 0 saturated carbocycles. The number of carbonyl (C=O) groups is 1. The minimum Gasteiger partial charge on any atom is -0.466 e. The van der Waals surface area contributed by atoms with Crippen LogP contribution in [0, 0.1) is 5.41 Å². The summed E-state index contributed by atoms with van der Waals surface area (Å²) < 4.78 is 34.8. The zero-order chi connectivity index (χ0) is 22.7. The molecule has 1 fully saturated rings. The molecule has 0 aliphatic carbocycles. The molecular weight excluding hydrogens is 416 g/mol. The van der Waals surface area contributed by atoms with Gasteiger partial charge in [0.1, 0.15) is 12.2 Å². The standard InChI is InChI=1S/C23H21F2N5O2/c24-23(25)10-11-30(22(31)17-6-3-5-16(12-17)21(27)28-14-26)13-19(23)32-20-9-8-15-4-1-2-7-18(15)29-20/h1-9,12,14,19H,10-11,13H2,(H3,26,27,28). The van der Waals surface area contributed by atoms with E-state index in [-0.39, 0.29) is 24.8 Å². The largest absolute Gasteiger partial charge is 0.466 e. The lowest BCUT2D eigenvalue weighted by atomic mass is 10.0. The van der Waals surface area contributed by atoms with Crippen LogP contribution in [0.5, 0.6) is 5.88 Å². The van der Waals surface area contributed by atoms with Crippen molar-refractivity contribution < 1.29 is 18.3 Å². The summed E-state index contributed by atoms with van der Waals surface area (Å²) in [5.74, 6) is -3.35. The number of benzene rings is 2. The molecule has 164 valence electrons. The van der Waals surface area contributed by atoms with E-state index in [0.29, 0.717) is 16.6 Å². The Kier molecular flexibility index (Phi) is 5.81. The Labute approximate surface area is 183 Å². The summed E-state index contributed by atoms with van der Waals surface area (Å²) in [7, 11) is 0. The van der Waals surface area contributed by atoms with Gasteiger partial charge >= 0.3 is 0 Å². The zero-order valence-corrected chi connectivity index (χ0v) is 17.0. The van der Waals surface area contributed by atoms with Crippen molar-refractivity contribution in [2.24, 2.45) is 10.7 Å². The number of pyridine rings is 1. The maximum atomic E-state index is 14.6. The molecule has 0 spiro atoms. The van der Waals surface area contributed by atoms with Crippen molar-refractivity contribution in [2.75, 3.05) is 13.1 Å². The topological polar surface area (TPSA) is 105 Å². The van der Waals surface area contributed by atoms with Gasteiger partial charge < -0.3 is 15.4 Å². The van der Waals surface area contributed by atoms with E-state index in [9.17, 15) is 13.6 Å². The van der Waals surface area contributed by atoms with E-state index in [4.69, 9.17) is 15.9 Å². The van der Waals surface area contributed by atoms with Crippen LogP contribution >= 0.6 is 0 Å². The van der Waals surface area contributed by atoms with Gasteiger partial charge in [-0.1, -0.05) is 30.3 Å². The van der Waals surface area contributed by atoms with E-state index in [0.717, 1.165) is 11.7 Å². The van der Waals surface area contributed by atoms with Gasteiger partial charge in [-0.05, 0) is 24.3 Å². The van der Waals surface area contributed by atoms with Gasteiger partial charge in [0.15, 0.2) is 6.10 Å². The lowest BCUT2D eigenvalue weighted by Crippen LogP contribution is -2.55. The average molecular weight is 437 g/mol. The van der Waals surface area contributed by atoms with Crippen molar-refractivity contribution in [1.82, 2.24) is 9.88 Å². The third-order valence-electron chi connectivity index (χ3n) is 5.30. The molecule has 1 atom stereocenters. The number of piperidine rings is 1. The summed E-state index contributed by atoms with van der Waals surface area (Å²) in [5.41, 5.74) is 7.18. The molecule has 1 unspecified atom stereocenters. The number of nitrogens with one attached hydrogen (secondary N) is 1. The lowest BCUT2D eigenvalue weighted by Gasteiger charge is -2.38. The minimum absolute atomic E-state index is 0.0836. The molecule has 1 aromatic heterocycles. The molecule has 0 bridgehead atoms. The van der Waals surface area contributed by atoms with E-state index in [1.54, 1.807) is 36.4 Å². The number of halogens is 2. The highest BCUT2D eigenvalue weighted by atomic mass is 19.3. The summed E-state index contributed by atoms with van der Waals surface area (Å²) in [6.45, 7) is -0.389. The highest BCUT2D eigenvalue weighted by molar-refractivity contribution is 6.03. The molecule has 0 radical (unpaired) electrons. The number of rotatable bonds is 5. The number of nitrogens with two attached hydrogens (primary N) is 1. The summed E-state index contributed by atoms with van der Waals surface area (Å²) in [6, 6.07) is 17.0. The molecule has 1 amide bonds. The number of nitrogens with zero attached hydrogens (tertiary/aromatic N) is 3. The highest BCUT2D eigenvalue weighted by Gasteiger charge is 2.47. The summed E-state index contributed by atoms with van der Waals surface area (Å²) >= 11 is 0. The second-order valence-corrected chi connectivity index (χ2v) is 7.44. The number of para-hydroxylation sites is 1. The number of aromatic nitrogens is 1. The van der Waals surface area contributed by atoms with E-state index < -0.39 is 24.4 Å². The fraction of sp³-hybridized carbons (Fsp3) is 0.217. The molecule has 2 heterocycles. The summed E-state index contributed by atoms with van der Waals surface area (Å²) in [6.07, 6.45) is -1.24. The van der Waals surface area contributed by atoms with Crippen molar-refractivity contribution >= 4 is 29.0 Å². The number of likely N-dealkylation sites (tertiary alicyclic amines) is 1. The van der Waals surface area contributed by atoms with Crippen LogP contribution in [0.3, 0.4) is 0 Å². The van der Waals surface area contributed by atoms with Crippen LogP contribution in [-0.4, -0.2) is 53.1 Å². The normalized spacial score (nSPS) is 18.4. The first-order chi connectivity index (χ1) is 15.4. The Bertz CT molecular complexity index is 1200. The molecule has 32 heavy (non-hydrogen) atoms. The monoisotopic (exact) mass is 437 g/mol. The van der Waals surface area contributed by atoms with Gasteiger partial charge in [-0.15, -0.1) is 0 Å². The third-order valence-corrected chi connectivity index (χ3v) is 5.30. The maximum absolute atomic E-state index is 14.6. The SMILES string of the molecule is N=CN=C(N)c1cccc(C(=O)N2CCC(F)(F)C(Oc3ccc4ccccc4n3)C2)c1. The van der Waals surface area contributed by atoms with E-state index in [1.165, 1.54) is 11.0 Å². The van der Waals surface area contributed by atoms with Gasteiger partial charge in [-0.2, -0.15) is 0 Å². The Balaban J connectivity index is 1.54. The number of amides is 1. The fourth-order valence-electron chi connectivity index (χ4n) is 3.57. The van der Waals surface area contributed by atoms with Crippen LogP contribution in [0.2, 0.25) is 0 Å². The van der Waals surface area contributed by atoms with Gasteiger partial charge in [0, 0.05) is 35.5 Å². The number of alkyl halides is 2. The predicted octanol–water partition coefficient (Wildman–Crippen LogP) is 3.48. The van der Waals surface area contributed by atoms with Crippen LogP contribution in [0.15, 0.2) is 65.7 Å². The van der Waals surface area contributed by atoms with Gasteiger partial charge in [-0.25, -0.2) is 18.8 Å². The van der Waals surface area contributed by atoms with Gasteiger partial charge in [0.05, 0.1) is 12.1 Å². The van der Waals surface area contributed by atoms with Gasteiger partial charge in [-0.3, -0.25) is 10.2 Å². The maximum Gasteiger partial charge on any atom is 0.287 e. The second kappa shape index (κ2) is 8.70. The van der Waals surface area contributed by atoms with E-state index in [1.807, 2.05) is 18.2 Å². The second-order valence-electron chi connectivity index (χ2n) is 7.44. The Hall–Kier alpha value is -3.88. The van der Waals surface area contributed by atoms with Gasteiger partial charge in [0.25, 0.3) is 11.8 Å². The smallest absolute Gasteiger partial charge is 0.287 e. The number of hydrogen-bond acceptors (Lipinski definition) is 4. The van der Waals surface area contributed by atoms with Crippen molar-refractivity contribution in [2.45, 2.75) is 18.4 Å². The van der Waals surface area contributed by atoms with Gasteiger partial charge in [0.2, 0.25) is 5.88 Å². The molecule has 2 aromatic carbocycles. The molecule has 3 N–H and O–H groups in total. The molecular formula is C23H21F2N5O2. The number of aliphatic imine (C=N–C) groups is 1. The van der Waals surface area contributed by atoms with Crippen LogP contribution < -0.4 is 10.5 Å². The van der Waals surface area contributed by atoms with Crippen LogP contribution in [0.1, 0.15) is 22.3 Å². The number of fused-ring (bicyclic) bond motifs is 1. The van der Waals surface area contributed by atoms with Crippen molar-refractivity contribution in [3.05, 3.63) is 71.8 Å². The summed E-state index contributed by atoms with van der Waals surface area (Å²) in [5, 5.41) is 7.89. The van der Waals surface area contributed by atoms with Crippen molar-refractivity contribution in [1.29, 1.82) is 5.41 Å². The first kappa shape index (κ1) is 21.4. The number of amidine groups is 1. The lowest BCUT2D eigenvalue weighted by molar-refractivity contribution is -0.131. The first-order valence-electron chi connectivity index (χ1n) is 9.99. The fourth-order valence-corrected chi connectivity index (χ4v) is 3.57. The van der Waals surface area contributed by atoms with Crippen molar-refractivity contribution in [3.63, 3.8) is 0 Å². The van der Waals surface area contributed by atoms with E-state index >= 15 is 0 Å². The van der Waals surface area contributed by atoms with E-state index in [2.05, 4.69) is 9.98 Å². The Morgan fingerprint density at radius 3 is 2.78 bits per heavy atom. The first-order valence-corrected chi connectivity index (χ1v) is 9.99. The molecule has 9 heteroatoms. The quantitative estimate of drug-likeness (QED) is 0.471. The predicted molar refractivity (Wildman–Crippen MR) is 118 cm³/mol. The molecule has 3 aromatic rings. The molecule has 4 rings (SSSR count). The molecule has 1 aliphatic heterocycles. The molecule has 1 aliphatic rings. The average Bonchev–Trinajstić information content (AvgIpc) is 2.80. The zero-order valence-electron chi connectivity index (χ0n) is 17.0. The molecule has 1 saturated heterocycles. The van der Waals surface area contributed by atoms with Crippen molar-refractivity contribution in [3.8, 4) is 5.88 Å². The highest BCUT2D eigenvalue weighted by Crippen LogP contribution is 2.32. The van der Waals surface area contributed by atoms with Crippen LogP contribution in [0.25, 0.3) is 10.9 Å². The summed E-state index contributed by atoms with van der Waals surface area (Å²) in [4.78, 5) is 22.3. The number of ether oxygens (including phenoxy) is 1. The number of hydrogen-bond donors (Lipinski definition) is 2. The number of carbonyl (C=O) groups excluding carboxylic acids is 1. The Morgan fingerprint density at radius 1 is 1.19 bits per heavy atom. The van der Waals surface area contributed by atoms with Crippen LogP contribution in [-0.2, 0) is 0 Å². The molecule has 7 nitrogen and oxygen atoms in total. The third kappa shape index (κ3) is 4.41.